The van der Waals surface area contributed by atoms with Crippen LogP contribution in [0, 0.1) is 0 Å². The molecule has 5 rings (SSSR count). The molecule has 2 fully saturated rings. The van der Waals surface area contributed by atoms with Crippen molar-refractivity contribution in [3.05, 3.63) is 83.6 Å². The third-order valence-corrected chi connectivity index (χ3v) is 10.2. The summed E-state index contributed by atoms with van der Waals surface area (Å²) >= 11 is 0. The molecule has 11 heteroatoms. The number of benzene rings is 2. The fourth-order valence-electron chi connectivity index (χ4n) is 4.89. The Bertz CT molecular complexity index is 1260. The highest BCUT2D eigenvalue weighted by atomic mass is 32.2. The number of hydrogen-bond acceptors (Lipinski definition) is 7. The van der Waals surface area contributed by atoms with Crippen LogP contribution in [0.3, 0.4) is 0 Å². The Morgan fingerprint density at radius 3 is 1.49 bits per heavy atom. The van der Waals surface area contributed by atoms with Crippen molar-refractivity contribution in [2.24, 2.45) is 0 Å². The minimum atomic E-state index is -3.59. The zero-order valence-electron chi connectivity index (χ0n) is 19.2. The Morgan fingerprint density at radius 2 is 1.09 bits per heavy atom. The maximum atomic E-state index is 13.2. The molecule has 3 heterocycles. The van der Waals surface area contributed by atoms with Gasteiger partial charge in [0.2, 0.25) is 31.8 Å². The van der Waals surface area contributed by atoms with E-state index in [0.29, 0.717) is 38.8 Å². The molecule has 186 valence electrons. The number of rotatable bonds is 8. The van der Waals surface area contributed by atoms with Crippen molar-refractivity contribution < 1.29 is 21.3 Å². The molecule has 0 aliphatic carbocycles. The average Bonchev–Trinajstić information content (AvgIpc) is 3.60. The summed E-state index contributed by atoms with van der Waals surface area (Å²) in [7, 11) is -7.18. The smallest absolute Gasteiger partial charge is 0.234 e. The van der Waals surface area contributed by atoms with Gasteiger partial charge in [0.05, 0.1) is 11.5 Å². The Balaban J connectivity index is 1.34. The number of sulfonamides is 2. The van der Waals surface area contributed by atoms with Gasteiger partial charge in [0.15, 0.2) is 0 Å². The predicted molar refractivity (Wildman–Crippen MR) is 130 cm³/mol. The van der Waals surface area contributed by atoms with Gasteiger partial charge in [-0.1, -0.05) is 60.7 Å². The molecule has 0 N–H and O–H groups in total. The molecule has 0 spiro atoms. The summed E-state index contributed by atoms with van der Waals surface area (Å²) in [4.78, 5) is 0. The van der Waals surface area contributed by atoms with E-state index >= 15 is 0 Å². The van der Waals surface area contributed by atoms with Crippen LogP contribution >= 0.6 is 0 Å². The van der Waals surface area contributed by atoms with Crippen molar-refractivity contribution in [3.8, 4) is 0 Å². The zero-order valence-corrected chi connectivity index (χ0v) is 20.9. The number of nitrogens with zero attached hydrogens (tertiary/aromatic N) is 4. The summed E-state index contributed by atoms with van der Waals surface area (Å²) in [6, 6.07) is 17.0. The lowest BCUT2D eigenvalue weighted by Crippen LogP contribution is -2.32. The molecular weight excluding hydrogens is 488 g/mol. The van der Waals surface area contributed by atoms with Crippen LogP contribution in [-0.4, -0.2) is 48.7 Å². The lowest BCUT2D eigenvalue weighted by molar-refractivity contribution is 0.286. The lowest BCUT2D eigenvalue weighted by atomic mass is 10.2. The van der Waals surface area contributed by atoms with Gasteiger partial charge in [0, 0.05) is 13.1 Å². The normalized spacial score (nSPS) is 22.1. The summed E-state index contributed by atoms with van der Waals surface area (Å²) in [5.74, 6) is 0.252. The predicted octanol–water partition coefficient (Wildman–Crippen LogP) is 3.40. The standard InChI is InChI=1S/C24H28N4O5S2/c29-34(30,17-19-9-3-1-4-10-19)27-15-7-13-21(27)23-25-26-24(33-23)22-14-8-16-28(22)35(31,32)18-20-11-5-2-6-12-20/h1-6,9-12,21-22H,7-8,13-18H2. The Morgan fingerprint density at radius 1 is 0.686 bits per heavy atom. The van der Waals surface area contributed by atoms with Gasteiger partial charge in [-0.05, 0) is 36.8 Å². The van der Waals surface area contributed by atoms with Gasteiger partial charge in [0.1, 0.15) is 12.1 Å². The fraction of sp³-hybridized carbons (Fsp3) is 0.417. The van der Waals surface area contributed by atoms with E-state index in [1.54, 1.807) is 24.3 Å². The van der Waals surface area contributed by atoms with Crippen molar-refractivity contribution >= 4 is 20.0 Å². The largest absolute Gasteiger partial charge is 0.422 e. The first-order chi connectivity index (χ1) is 16.8. The maximum Gasteiger partial charge on any atom is 0.234 e. The molecule has 2 aliphatic heterocycles. The molecule has 3 aromatic rings. The summed E-state index contributed by atoms with van der Waals surface area (Å²) < 4.78 is 61.5. The SMILES string of the molecule is O=S(=O)(Cc1ccccc1)N1CCCC1c1nnc(C2CCCN2S(=O)(=O)Cc2ccccc2)o1. The van der Waals surface area contributed by atoms with Gasteiger partial charge in [-0.15, -0.1) is 10.2 Å². The second-order valence-corrected chi connectivity index (χ2v) is 12.8. The molecule has 2 saturated heterocycles. The van der Waals surface area contributed by atoms with Crippen LogP contribution in [0.15, 0.2) is 65.1 Å². The highest BCUT2D eigenvalue weighted by molar-refractivity contribution is 7.88. The fourth-order valence-corrected chi connectivity index (χ4v) is 8.43. The Hall–Kier alpha value is -2.60. The molecule has 2 atom stereocenters. The van der Waals surface area contributed by atoms with Crippen LogP contribution in [-0.2, 0) is 31.6 Å². The van der Waals surface area contributed by atoms with Crippen LogP contribution in [0.2, 0.25) is 0 Å². The summed E-state index contributed by atoms with van der Waals surface area (Å²) in [5.41, 5.74) is 1.43. The first-order valence-corrected chi connectivity index (χ1v) is 15.0. The molecular formula is C24H28N4O5S2. The summed E-state index contributed by atoms with van der Waals surface area (Å²) in [5, 5.41) is 8.34. The lowest BCUT2D eigenvalue weighted by Gasteiger charge is -2.22. The molecule has 2 aromatic carbocycles. The first kappa shape index (κ1) is 24.1. The van der Waals surface area contributed by atoms with Crippen LogP contribution in [0.25, 0.3) is 0 Å². The monoisotopic (exact) mass is 516 g/mol. The molecule has 0 radical (unpaired) electrons. The van der Waals surface area contributed by atoms with E-state index in [1.165, 1.54) is 8.61 Å². The van der Waals surface area contributed by atoms with Gasteiger partial charge in [-0.25, -0.2) is 16.8 Å². The minimum Gasteiger partial charge on any atom is -0.422 e. The third-order valence-electron chi connectivity index (χ3n) is 6.53. The van der Waals surface area contributed by atoms with E-state index < -0.39 is 32.1 Å². The van der Waals surface area contributed by atoms with Crippen LogP contribution in [0.1, 0.15) is 60.7 Å². The van der Waals surface area contributed by atoms with Crippen molar-refractivity contribution in [2.75, 3.05) is 13.1 Å². The van der Waals surface area contributed by atoms with E-state index in [4.69, 9.17) is 4.42 Å². The van der Waals surface area contributed by atoms with Crippen LogP contribution in [0.4, 0.5) is 0 Å². The van der Waals surface area contributed by atoms with E-state index in [-0.39, 0.29) is 23.3 Å². The van der Waals surface area contributed by atoms with Crippen molar-refractivity contribution in [1.29, 1.82) is 0 Å². The molecule has 1 aromatic heterocycles. The third kappa shape index (κ3) is 5.18. The summed E-state index contributed by atoms with van der Waals surface area (Å²) in [6.07, 6.45) is 2.54. The van der Waals surface area contributed by atoms with Gasteiger partial charge in [-0.3, -0.25) is 0 Å². The van der Waals surface area contributed by atoms with Gasteiger partial charge >= 0.3 is 0 Å². The molecule has 9 nitrogen and oxygen atoms in total. The van der Waals surface area contributed by atoms with E-state index in [1.807, 2.05) is 36.4 Å². The van der Waals surface area contributed by atoms with Gasteiger partial charge in [-0.2, -0.15) is 8.61 Å². The van der Waals surface area contributed by atoms with Crippen molar-refractivity contribution in [2.45, 2.75) is 49.3 Å². The zero-order chi connectivity index (χ0) is 24.5. The van der Waals surface area contributed by atoms with Crippen LogP contribution < -0.4 is 0 Å². The molecule has 0 saturated carbocycles. The Labute approximate surface area is 205 Å². The number of aromatic nitrogens is 2. The number of hydrogen-bond donors (Lipinski definition) is 0. The highest BCUT2D eigenvalue weighted by Crippen LogP contribution is 2.38. The van der Waals surface area contributed by atoms with Gasteiger partial charge < -0.3 is 4.42 Å². The Kier molecular flexibility index (Phi) is 6.75. The second kappa shape index (κ2) is 9.81. The highest BCUT2D eigenvalue weighted by Gasteiger charge is 2.41. The quantitative estimate of drug-likeness (QED) is 0.451. The molecule has 2 aliphatic rings. The molecule has 2 unspecified atom stereocenters. The van der Waals surface area contributed by atoms with E-state index in [9.17, 15) is 16.8 Å². The average molecular weight is 517 g/mol. The maximum absolute atomic E-state index is 13.2. The first-order valence-electron chi connectivity index (χ1n) is 11.7. The van der Waals surface area contributed by atoms with Gasteiger partial charge in [0.25, 0.3) is 0 Å². The van der Waals surface area contributed by atoms with E-state index in [0.717, 1.165) is 11.1 Å². The van der Waals surface area contributed by atoms with E-state index in [2.05, 4.69) is 10.2 Å². The second-order valence-electron chi connectivity index (χ2n) is 9.00. The molecule has 0 amide bonds. The molecule has 35 heavy (non-hydrogen) atoms. The molecule has 0 bridgehead atoms. The van der Waals surface area contributed by atoms with Crippen molar-refractivity contribution in [1.82, 2.24) is 18.8 Å². The van der Waals surface area contributed by atoms with Crippen molar-refractivity contribution in [3.63, 3.8) is 0 Å². The van der Waals surface area contributed by atoms with Crippen LogP contribution in [0.5, 0.6) is 0 Å². The topological polar surface area (TPSA) is 114 Å². The minimum absolute atomic E-state index is 0.0978. The summed E-state index contributed by atoms with van der Waals surface area (Å²) in [6.45, 7) is 0.775.